The lowest BCUT2D eigenvalue weighted by atomic mass is 10.0. The van der Waals surface area contributed by atoms with Crippen molar-refractivity contribution in [2.45, 2.75) is 30.9 Å². The van der Waals surface area contributed by atoms with Crippen molar-refractivity contribution in [3.05, 3.63) is 87.4 Å². The second-order valence-electron chi connectivity index (χ2n) is 8.03. The molecule has 0 radical (unpaired) electrons. The van der Waals surface area contributed by atoms with Crippen LogP contribution in [0.15, 0.2) is 54.6 Å². The molecule has 0 saturated carbocycles. The Morgan fingerprint density at radius 2 is 0.725 bits per heavy atom. The highest BCUT2D eigenvalue weighted by molar-refractivity contribution is 6.31. The predicted molar refractivity (Wildman–Crippen MR) is 111 cm³/mol. The first-order valence-electron chi connectivity index (χ1n) is 10.1. The number of anilines is 3. The summed E-state index contributed by atoms with van der Waals surface area (Å²) in [7, 11) is 0. The molecule has 0 atom stereocenters. The molecule has 0 aromatic heterocycles. The monoisotopic (exact) mass is 619 g/mol. The average Bonchev–Trinajstić information content (AvgIpc) is 2.77. The fourth-order valence-electron chi connectivity index (χ4n) is 3.45. The Bertz CT molecular complexity index is 1260. The van der Waals surface area contributed by atoms with Crippen LogP contribution in [0.4, 0.5) is 82.9 Å². The number of hydrogen-bond donors (Lipinski definition) is 0. The van der Waals surface area contributed by atoms with Gasteiger partial charge in [-0.15, -0.1) is 0 Å². The molecule has 0 saturated heterocycles. The lowest BCUT2D eigenvalue weighted by Gasteiger charge is -2.29. The van der Waals surface area contributed by atoms with E-state index in [1.54, 1.807) is 0 Å². The van der Waals surface area contributed by atoms with Gasteiger partial charge in [-0.3, -0.25) is 0 Å². The third kappa shape index (κ3) is 6.88. The molecule has 0 bridgehead atoms. The van der Waals surface area contributed by atoms with Crippen LogP contribution in [0.25, 0.3) is 0 Å². The Morgan fingerprint density at radius 3 is 1.00 bits per heavy atom. The third-order valence-corrected chi connectivity index (χ3v) is 5.50. The second-order valence-corrected chi connectivity index (χ2v) is 8.43. The van der Waals surface area contributed by atoms with E-state index in [1.807, 2.05) is 0 Å². The molecule has 0 aliphatic heterocycles. The first-order chi connectivity index (χ1) is 17.9. The Kier molecular flexibility index (Phi) is 7.78. The molecule has 3 aromatic rings. The van der Waals surface area contributed by atoms with E-state index in [4.69, 9.17) is 11.6 Å². The molecule has 3 rings (SSSR count). The summed E-state index contributed by atoms with van der Waals surface area (Å²) >= 11 is 5.48. The van der Waals surface area contributed by atoms with Crippen LogP contribution in [0.1, 0.15) is 27.8 Å². The Hall–Kier alpha value is -3.30. The first kappa shape index (κ1) is 31.2. The molecule has 17 heteroatoms. The second kappa shape index (κ2) is 9.96. The van der Waals surface area contributed by atoms with E-state index < -0.39 is 92.9 Å². The largest absolute Gasteiger partial charge is 0.417 e. The Labute approximate surface area is 218 Å². The van der Waals surface area contributed by atoms with Crippen molar-refractivity contribution in [1.29, 1.82) is 0 Å². The van der Waals surface area contributed by atoms with Gasteiger partial charge in [0.15, 0.2) is 0 Å². The summed E-state index contributed by atoms with van der Waals surface area (Å²) in [5.41, 5.74) is -13.7. The van der Waals surface area contributed by atoms with E-state index in [0.29, 0.717) is 12.1 Å². The van der Waals surface area contributed by atoms with Gasteiger partial charge in [-0.2, -0.15) is 65.9 Å². The minimum Gasteiger partial charge on any atom is -0.310 e. The molecular weight excluding hydrogens is 611 g/mol. The standard InChI is InChI=1S/C23H9ClF15N/c24-18-2-1-14(9-17(18)23(37,38)39)40(15-5-10(19(25,26)27)3-11(6-15)20(28,29)30)16-7-12(21(31,32)33)4-13(8-16)22(34,35)36/h1-9H. The predicted octanol–water partition coefficient (Wildman–Crippen LogP) is 10.9. The third-order valence-electron chi connectivity index (χ3n) is 5.17. The molecule has 0 aliphatic carbocycles. The van der Waals surface area contributed by atoms with Crippen molar-refractivity contribution >= 4 is 28.7 Å². The number of rotatable bonds is 3. The Morgan fingerprint density at radius 1 is 0.400 bits per heavy atom. The lowest BCUT2D eigenvalue weighted by Crippen LogP contribution is -2.18. The van der Waals surface area contributed by atoms with Gasteiger partial charge in [0, 0.05) is 17.1 Å². The number of nitrogens with zero attached hydrogens (tertiary/aromatic N) is 1. The number of hydrogen-bond acceptors (Lipinski definition) is 1. The number of halogens is 16. The normalized spacial score (nSPS) is 13.5. The summed E-state index contributed by atoms with van der Waals surface area (Å²) in [5, 5.41) is -1.03. The van der Waals surface area contributed by atoms with Crippen LogP contribution >= 0.6 is 11.6 Å². The van der Waals surface area contributed by atoms with Crippen LogP contribution in [0.5, 0.6) is 0 Å². The van der Waals surface area contributed by atoms with Gasteiger partial charge in [-0.05, 0) is 54.6 Å². The van der Waals surface area contributed by atoms with E-state index in [-0.39, 0.29) is 35.2 Å². The topological polar surface area (TPSA) is 3.24 Å². The van der Waals surface area contributed by atoms with Crippen molar-refractivity contribution in [1.82, 2.24) is 0 Å². The minimum atomic E-state index is -5.52. The summed E-state index contributed by atoms with van der Waals surface area (Å²) in [4.78, 5) is -0.0411. The zero-order valence-corrected chi connectivity index (χ0v) is 19.4. The maximum absolute atomic E-state index is 13.5. The van der Waals surface area contributed by atoms with E-state index in [0.717, 1.165) is 0 Å². The first-order valence-corrected chi connectivity index (χ1v) is 10.5. The maximum Gasteiger partial charge on any atom is 0.417 e. The van der Waals surface area contributed by atoms with E-state index in [1.165, 1.54) is 0 Å². The maximum atomic E-state index is 13.5. The van der Waals surface area contributed by atoms with Crippen LogP contribution in [-0.2, 0) is 30.9 Å². The molecule has 0 amide bonds. The molecule has 0 N–H and O–H groups in total. The summed E-state index contributed by atoms with van der Waals surface area (Å²) in [5.74, 6) is 0. The van der Waals surface area contributed by atoms with Gasteiger partial charge < -0.3 is 4.90 Å². The van der Waals surface area contributed by atoms with Crippen LogP contribution < -0.4 is 4.90 Å². The van der Waals surface area contributed by atoms with Crippen LogP contribution in [0.2, 0.25) is 5.02 Å². The number of benzene rings is 3. The van der Waals surface area contributed by atoms with Gasteiger partial charge in [0.2, 0.25) is 0 Å². The van der Waals surface area contributed by atoms with Crippen molar-refractivity contribution in [2.75, 3.05) is 4.90 Å². The highest BCUT2D eigenvalue weighted by Gasteiger charge is 2.41. The van der Waals surface area contributed by atoms with Gasteiger partial charge >= 0.3 is 30.9 Å². The Balaban J connectivity index is 2.51. The van der Waals surface area contributed by atoms with Gasteiger partial charge in [-0.25, -0.2) is 0 Å². The zero-order valence-electron chi connectivity index (χ0n) is 18.7. The molecule has 0 unspecified atom stereocenters. The summed E-state index contributed by atoms with van der Waals surface area (Å²) < 4.78 is 202. The van der Waals surface area contributed by atoms with Crippen LogP contribution in [0, 0.1) is 0 Å². The fourth-order valence-corrected chi connectivity index (χ4v) is 3.68. The fraction of sp³-hybridized carbons (Fsp3) is 0.217. The van der Waals surface area contributed by atoms with E-state index in [2.05, 4.69) is 0 Å². The van der Waals surface area contributed by atoms with Gasteiger partial charge in [0.1, 0.15) is 0 Å². The van der Waals surface area contributed by atoms with Gasteiger partial charge in [0.05, 0.1) is 32.8 Å². The van der Waals surface area contributed by atoms with Crippen molar-refractivity contribution in [3.63, 3.8) is 0 Å². The molecule has 3 aromatic carbocycles. The zero-order chi connectivity index (χ0) is 30.6. The molecule has 0 heterocycles. The minimum absolute atomic E-state index is 0.0411. The van der Waals surface area contributed by atoms with Crippen LogP contribution in [0.3, 0.4) is 0 Å². The van der Waals surface area contributed by atoms with Gasteiger partial charge in [0.25, 0.3) is 0 Å². The molecular formula is C23H9ClF15N. The quantitative estimate of drug-likeness (QED) is 0.264. The number of alkyl halides is 15. The smallest absolute Gasteiger partial charge is 0.310 e. The highest BCUT2D eigenvalue weighted by atomic mass is 35.5. The van der Waals surface area contributed by atoms with Crippen molar-refractivity contribution in [2.24, 2.45) is 0 Å². The average molecular weight is 620 g/mol. The molecule has 218 valence electrons. The molecule has 1 nitrogen and oxygen atoms in total. The highest BCUT2D eigenvalue weighted by Crippen LogP contribution is 2.47. The summed E-state index contributed by atoms with van der Waals surface area (Å²) in [6.07, 6.45) is -27.4. The molecule has 0 aliphatic rings. The van der Waals surface area contributed by atoms with E-state index in [9.17, 15) is 65.9 Å². The summed E-state index contributed by atoms with van der Waals surface area (Å²) in [6, 6.07) is -0.0360. The van der Waals surface area contributed by atoms with E-state index >= 15 is 0 Å². The van der Waals surface area contributed by atoms with Crippen molar-refractivity contribution in [3.8, 4) is 0 Å². The van der Waals surface area contributed by atoms with Crippen molar-refractivity contribution < 1.29 is 65.9 Å². The molecule has 40 heavy (non-hydrogen) atoms. The molecule has 0 spiro atoms. The lowest BCUT2D eigenvalue weighted by molar-refractivity contribution is -0.144. The summed E-state index contributed by atoms with van der Waals surface area (Å²) in [6.45, 7) is 0. The molecule has 0 fully saturated rings. The van der Waals surface area contributed by atoms with Crippen LogP contribution in [-0.4, -0.2) is 0 Å². The van der Waals surface area contributed by atoms with Gasteiger partial charge in [-0.1, -0.05) is 11.6 Å². The SMILES string of the molecule is FC(F)(F)c1cc(N(c2cc(C(F)(F)F)cc(C(F)(F)F)c2)c2ccc(Cl)c(C(F)(F)F)c2)cc(C(F)(F)F)c1.